The molecule has 1 aliphatic rings. The predicted octanol–water partition coefficient (Wildman–Crippen LogP) is 2.27. The summed E-state index contributed by atoms with van der Waals surface area (Å²) < 4.78 is 4.88. The van der Waals surface area contributed by atoms with E-state index < -0.39 is 11.9 Å². The van der Waals surface area contributed by atoms with Gasteiger partial charge < -0.3 is 15.4 Å². The number of carbonyl (C=O) groups excluding carboxylic acids is 2. The fourth-order valence-electron chi connectivity index (χ4n) is 2.17. The Morgan fingerprint density at radius 1 is 1.43 bits per heavy atom. The van der Waals surface area contributed by atoms with E-state index in [-0.39, 0.29) is 18.3 Å². The van der Waals surface area contributed by atoms with Crippen molar-refractivity contribution >= 4 is 23.4 Å². The highest BCUT2D eigenvalue weighted by Crippen LogP contribution is 2.29. The van der Waals surface area contributed by atoms with Crippen molar-refractivity contribution in [2.45, 2.75) is 25.7 Å². The standard InChI is InChI=1S/C15H19N3O3/c1-2-3-8-17-15(20)18-12-7-5-4-6-10(12)11-9-21-14(19)13(11)16/h4-7,11,16H,2-3,8-9H2,1H3,(H2,17,18,20). The number of nitrogens with one attached hydrogen (secondary N) is 3. The first-order valence-electron chi connectivity index (χ1n) is 7.02. The van der Waals surface area contributed by atoms with Crippen molar-refractivity contribution in [1.29, 1.82) is 5.41 Å². The van der Waals surface area contributed by atoms with Gasteiger partial charge >= 0.3 is 12.0 Å². The quantitative estimate of drug-likeness (QED) is 0.573. The number of hydrogen-bond acceptors (Lipinski definition) is 4. The van der Waals surface area contributed by atoms with Crippen LogP contribution in [0.1, 0.15) is 31.2 Å². The van der Waals surface area contributed by atoms with E-state index in [4.69, 9.17) is 10.1 Å². The normalized spacial score (nSPS) is 17.5. The number of carbonyl (C=O) groups is 2. The van der Waals surface area contributed by atoms with E-state index in [9.17, 15) is 9.59 Å². The Hall–Kier alpha value is -2.37. The summed E-state index contributed by atoms with van der Waals surface area (Å²) in [6.07, 6.45) is 1.93. The van der Waals surface area contributed by atoms with E-state index in [2.05, 4.69) is 17.6 Å². The second-order valence-corrected chi connectivity index (χ2v) is 4.89. The molecule has 1 atom stereocenters. The molecule has 2 rings (SSSR count). The summed E-state index contributed by atoms with van der Waals surface area (Å²) in [4.78, 5) is 23.1. The van der Waals surface area contributed by atoms with Crippen LogP contribution < -0.4 is 10.6 Å². The van der Waals surface area contributed by atoms with Gasteiger partial charge in [-0.05, 0) is 18.1 Å². The van der Waals surface area contributed by atoms with Gasteiger partial charge in [-0.1, -0.05) is 31.5 Å². The number of ether oxygens (including phenoxy) is 1. The monoisotopic (exact) mass is 289 g/mol. The smallest absolute Gasteiger partial charge is 0.352 e. The Morgan fingerprint density at radius 3 is 2.86 bits per heavy atom. The summed E-state index contributed by atoms with van der Waals surface area (Å²) in [7, 11) is 0. The predicted molar refractivity (Wildman–Crippen MR) is 79.8 cm³/mol. The molecule has 0 aromatic heterocycles. The Balaban J connectivity index is 2.09. The Labute approximate surface area is 123 Å². The van der Waals surface area contributed by atoms with Crippen molar-refractivity contribution < 1.29 is 14.3 Å². The van der Waals surface area contributed by atoms with Crippen LogP contribution in [-0.2, 0) is 9.53 Å². The highest BCUT2D eigenvalue weighted by Gasteiger charge is 2.33. The number of anilines is 1. The molecule has 1 fully saturated rings. The molecule has 2 amide bonds. The van der Waals surface area contributed by atoms with Crippen LogP contribution in [0, 0.1) is 5.41 Å². The highest BCUT2D eigenvalue weighted by atomic mass is 16.5. The van der Waals surface area contributed by atoms with Crippen molar-refractivity contribution in [1.82, 2.24) is 5.32 Å². The largest absolute Gasteiger partial charge is 0.460 e. The minimum Gasteiger partial charge on any atom is -0.460 e. The summed E-state index contributed by atoms with van der Waals surface area (Å²) in [5.41, 5.74) is 1.24. The molecular formula is C15H19N3O3. The molecule has 1 saturated heterocycles. The van der Waals surface area contributed by atoms with Crippen LogP contribution in [0.5, 0.6) is 0 Å². The van der Waals surface area contributed by atoms with E-state index in [0.717, 1.165) is 18.4 Å². The molecule has 6 nitrogen and oxygen atoms in total. The maximum absolute atomic E-state index is 11.8. The molecule has 0 radical (unpaired) electrons. The van der Waals surface area contributed by atoms with Gasteiger partial charge in [-0.2, -0.15) is 0 Å². The van der Waals surface area contributed by atoms with Crippen LogP contribution >= 0.6 is 0 Å². The number of amides is 2. The van der Waals surface area contributed by atoms with Gasteiger partial charge in [-0.3, -0.25) is 5.41 Å². The van der Waals surface area contributed by atoms with Crippen molar-refractivity contribution in [3.05, 3.63) is 29.8 Å². The van der Waals surface area contributed by atoms with E-state index in [1.807, 2.05) is 6.07 Å². The maximum atomic E-state index is 11.8. The number of rotatable bonds is 5. The van der Waals surface area contributed by atoms with Crippen LogP contribution in [0.15, 0.2) is 24.3 Å². The number of esters is 1. The van der Waals surface area contributed by atoms with Gasteiger partial charge in [0.15, 0.2) is 0 Å². The minimum absolute atomic E-state index is 0.0735. The first kappa shape index (κ1) is 15.0. The van der Waals surface area contributed by atoms with Gasteiger partial charge in [0.2, 0.25) is 0 Å². The van der Waals surface area contributed by atoms with Crippen LogP contribution in [0.3, 0.4) is 0 Å². The molecule has 1 aliphatic heterocycles. The molecule has 3 N–H and O–H groups in total. The van der Waals surface area contributed by atoms with Gasteiger partial charge in [-0.25, -0.2) is 9.59 Å². The zero-order valence-electron chi connectivity index (χ0n) is 11.9. The topological polar surface area (TPSA) is 91.3 Å². The molecule has 112 valence electrons. The van der Waals surface area contributed by atoms with Gasteiger partial charge in [-0.15, -0.1) is 0 Å². The summed E-state index contributed by atoms with van der Waals surface area (Å²) in [5.74, 6) is -1.02. The number of urea groups is 1. The molecule has 21 heavy (non-hydrogen) atoms. The third-order valence-electron chi connectivity index (χ3n) is 3.35. The number of cyclic esters (lactones) is 1. The van der Waals surface area contributed by atoms with E-state index in [0.29, 0.717) is 12.2 Å². The highest BCUT2D eigenvalue weighted by molar-refractivity contribution is 6.39. The van der Waals surface area contributed by atoms with Crippen LogP contribution in [0.2, 0.25) is 0 Å². The number of unbranched alkanes of at least 4 members (excludes halogenated alkanes) is 1. The molecule has 1 heterocycles. The molecule has 1 aromatic carbocycles. The summed E-state index contributed by atoms with van der Waals surface area (Å²) >= 11 is 0. The van der Waals surface area contributed by atoms with Gasteiger partial charge in [0.25, 0.3) is 0 Å². The summed E-state index contributed by atoms with van der Waals surface area (Å²) in [5, 5.41) is 13.3. The molecule has 1 aromatic rings. The second-order valence-electron chi connectivity index (χ2n) is 4.89. The Morgan fingerprint density at radius 2 is 2.19 bits per heavy atom. The lowest BCUT2D eigenvalue weighted by Crippen LogP contribution is -2.30. The lowest BCUT2D eigenvalue weighted by Gasteiger charge is -2.14. The molecular weight excluding hydrogens is 270 g/mol. The lowest BCUT2D eigenvalue weighted by molar-refractivity contribution is -0.132. The lowest BCUT2D eigenvalue weighted by atomic mass is 9.95. The molecule has 1 unspecified atom stereocenters. The second kappa shape index (κ2) is 6.88. The average Bonchev–Trinajstić information content (AvgIpc) is 2.80. The van der Waals surface area contributed by atoms with Crippen molar-refractivity contribution in [2.24, 2.45) is 0 Å². The third kappa shape index (κ3) is 3.59. The van der Waals surface area contributed by atoms with E-state index in [1.54, 1.807) is 18.2 Å². The van der Waals surface area contributed by atoms with Crippen LogP contribution in [0.25, 0.3) is 0 Å². The fraction of sp³-hybridized carbons (Fsp3) is 0.400. The molecule has 0 aliphatic carbocycles. The van der Waals surface area contributed by atoms with Crippen LogP contribution in [-0.4, -0.2) is 30.9 Å². The van der Waals surface area contributed by atoms with Gasteiger partial charge in [0.05, 0.1) is 5.92 Å². The number of para-hydroxylation sites is 1. The van der Waals surface area contributed by atoms with Crippen LogP contribution in [0.4, 0.5) is 10.5 Å². The average molecular weight is 289 g/mol. The Bertz CT molecular complexity index is 557. The van der Waals surface area contributed by atoms with E-state index in [1.165, 1.54) is 0 Å². The summed E-state index contributed by atoms with van der Waals surface area (Å²) in [6, 6.07) is 6.87. The van der Waals surface area contributed by atoms with Crippen molar-refractivity contribution in [2.75, 3.05) is 18.5 Å². The molecule has 0 bridgehead atoms. The van der Waals surface area contributed by atoms with Gasteiger partial charge in [0, 0.05) is 12.2 Å². The molecule has 0 saturated carbocycles. The molecule has 6 heteroatoms. The number of hydrogen-bond donors (Lipinski definition) is 3. The zero-order valence-corrected chi connectivity index (χ0v) is 11.9. The maximum Gasteiger partial charge on any atom is 0.352 e. The Kier molecular flexibility index (Phi) is 4.92. The first-order chi connectivity index (χ1) is 10.1. The van der Waals surface area contributed by atoms with Gasteiger partial charge in [0.1, 0.15) is 12.3 Å². The zero-order chi connectivity index (χ0) is 15.2. The minimum atomic E-state index is -0.595. The summed E-state index contributed by atoms with van der Waals surface area (Å²) in [6.45, 7) is 2.82. The number of benzene rings is 1. The van der Waals surface area contributed by atoms with Crippen molar-refractivity contribution in [3.63, 3.8) is 0 Å². The van der Waals surface area contributed by atoms with Crippen molar-refractivity contribution in [3.8, 4) is 0 Å². The fourth-order valence-corrected chi connectivity index (χ4v) is 2.17. The SMILES string of the molecule is CCCCNC(=O)Nc1ccccc1C1COC(=O)C1=N. The third-order valence-corrected chi connectivity index (χ3v) is 3.35. The first-order valence-corrected chi connectivity index (χ1v) is 7.02. The molecule has 0 spiro atoms. The van der Waals surface area contributed by atoms with E-state index >= 15 is 0 Å².